The highest BCUT2D eigenvalue weighted by Gasteiger charge is 2.57. The molecule has 2 atom stereocenters. The summed E-state index contributed by atoms with van der Waals surface area (Å²) in [6, 6.07) is 23.2. The van der Waals surface area contributed by atoms with E-state index in [0.717, 1.165) is 22.4 Å². The fourth-order valence-electron chi connectivity index (χ4n) is 5.38. The fourth-order valence-corrected chi connectivity index (χ4v) is 5.56. The van der Waals surface area contributed by atoms with Gasteiger partial charge < -0.3 is 19.3 Å². The maximum atomic E-state index is 14.4. The van der Waals surface area contributed by atoms with Gasteiger partial charge in [-0.05, 0) is 42.3 Å². The molecule has 0 aliphatic carbocycles. The van der Waals surface area contributed by atoms with Gasteiger partial charge >= 0.3 is 5.97 Å². The van der Waals surface area contributed by atoms with Crippen molar-refractivity contribution < 1.29 is 19.1 Å². The van der Waals surface area contributed by atoms with Crippen molar-refractivity contribution in [2.24, 2.45) is 0 Å². The van der Waals surface area contributed by atoms with Crippen molar-refractivity contribution in [3.8, 4) is 0 Å². The second-order valence-corrected chi connectivity index (χ2v) is 9.69. The van der Waals surface area contributed by atoms with Gasteiger partial charge in [-0.15, -0.1) is 0 Å². The van der Waals surface area contributed by atoms with Gasteiger partial charge in [0.15, 0.2) is 11.8 Å². The molecule has 1 amide bonds. The highest BCUT2D eigenvalue weighted by atomic mass is 35.5. The number of esters is 1. The summed E-state index contributed by atoms with van der Waals surface area (Å²) in [6.45, 7) is 2.41. The van der Waals surface area contributed by atoms with Crippen LogP contribution in [0.4, 0.5) is 5.69 Å². The van der Waals surface area contributed by atoms with Crippen LogP contribution in [0.5, 0.6) is 0 Å². The smallest absolute Gasteiger partial charge is 0.332 e. The Morgan fingerprint density at radius 3 is 2.73 bits per heavy atom. The molecule has 0 unspecified atom stereocenters. The second-order valence-electron chi connectivity index (χ2n) is 9.25. The van der Waals surface area contributed by atoms with Gasteiger partial charge in [0, 0.05) is 40.5 Å². The average Bonchev–Trinajstić information content (AvgIpc) is 3.11. The van der Waals surface area contributed by atoms with Crippen molar-refractivity contribution in [1.82, 2.24) is 4.90 Å². The number of carbonyl (C=O) groups is 2. The summed E-state index contributed by atoms with van der Waals surface area (Å²) in [5.41, 5.74) is 3.64. The van der Waals surface area contributed by atoms with Crippen LogP contribution in [0.2, 0.25) is 5.02 Å². The number of nitrogens with zero attached hydrogens (tertiary/aromatic N) is 2. The minimum absolute atomic E-state index is 0.159. The van der Waals surface area contributed by atoms with E-state index in [0.29, 0.717) is 22.8 Å². The Kier molecular flexibility index (Phi) is 5.86. The molecule has 1 spiro atoms. The molecule has 0 radical (unpaired) electrons. The first kappa shape index (κ1) is 23.5. The van der Waals surface area contributed by atoms with E-state index in [1.807, 2.05) is 83.9 Å². The predicted octanol–water partition coefficient (Wildman–Crippen LogP) is 5.93. The Labute approximate surface area is 220 Å². The summed E-state index contributed by atoms with van der Waals surface area (Å²) in [5, 5.41) is 0.512. The highest BCUT2D eigenvalue weighted by molar-refractivity contribution is 6.31. The van der Waals surface area contributed by atoms with Gasteiger partial charge in [0.05, 0.1) is 18.8 Å². The molecule has 0 saturated carbocycles. The van der Waals surface area contributed by atoms with Crippen molar-refractivity contribution in [1.29, 1.82) is 0 Å². The number of rotatable bonds is 4. The molecule has 3 aliphatic rings. The lowest BCUT2D eigenvalue weighted by atomic mass is 9.86. The van der Waals surface area contributed by atoms with Gasteiger partial charge in [-0.3, -0.25) is 4.79 Å². The molecule has 186 valence electrons. The number of hydrogen-bond acceptors (Lipinski definition) is 5. The molecule has 1 saturated heterocycles. The Hall–Kier alpha value is -3.87. The first-order valence-electron chi connectivity index (χ1n) is 12.3. The Morgan fingerprint density at radius 2 is 1.92 bits per heavy atom. The molecule has 3 aliphatic heterocycles. The fraction of sp³-hybridized carbons (Fsp3) is 0.200. The normalized spacial score (nSPS) is 22.7. The summed E-state index contributed by atoms with van der Waals surface area (Å²) < 4.78 is 12.1. The number of carbonyl (C=O) groups excluding carboxylic acids is 2. The quantitative estimate of drug-likeness (QED) is 0.320. The second kappa shape index (κ2) is 9.21. The van der Waals surface area contributed by atoms with Crippen molar-refractivity contribution in [2.75, 3.05) is 11.5 Å². The molecule has 6 rings (SSSR count). The molecular formula is C30H25ClN2O4. The number of ether oxygens (including phenoxy) is 2. The summed E-state index contributed by atoms with van der Waals surface area (Å²) in [7, 11) is 0. The Balaban J connectivity index is 1.50. The highest BCUT2D eigenvalue weighted by Crippen LogP contribution is 2.55. The number of fused-ring (bicyclic) bond motifs is 5. The van der Waals surface area contributed by atoms with Gasteiger partial charge in [-0.25, -0.2) is 4.79 Å². The summed E-state index contributed by atoms with van der Waals surface area (Å²) in [6.07, 6.45) is 4.89. The molecule has 0 aromatic heterocycles. The minimum Gasteiger partial charge on any atom is -0.463 e. The molecule has 3 heterocycles. The molecule has 37 heavy (non-hydrogen) atoms. The van der Waals surface area contributed by atoms with E-state index in [1.165, 1.54) is 6.08 Å². The average molecular weight is 513 g/mol. The van der Waals surface area contributed by atoms with E-state index in [1.54, 1.807) is 17.9 Å². The predicted molar refractivity (Wildman–Crippen MR) is 141 cm³/mol. The van der Waals surface area contributed by atoms with Gasteiger partial charge in [-0.1, -0.05) is 66.2 Å². The number of hydrogen-bond donors (Lipinski definition) is 0. The molecule has 0 N–H and O–H groups in total. The molecule has 3 aromatic carbocycles. The van der Waals surface area contributed by atoms with Crippen molar-refractivity contribution in [3.05, 3.63) is 118 Å². The third kappa shape index (κ3) is 3.93. The van der Waals surface area contributed by atoms with Crippen LogP contribution in [0.1, 0.15) is 41.8 Å². The summed E-state index contributed by atoms with van der Waals surface area (Å²) >= 11 is 6.47. The van der Waals surface area contributed by atoms with Gasteiger partial charge in [0.1, 0.15) is 0 Å². The third-order valence-corrected chi connectivity index (χ3v) is 7.27. The monoisotopic (exact) mass is 512 g/mol. The minimum atomic E-state index is -1.35. The van der Waals surface area contributed by atoms with E-state index < -0.39 is 17.8 Å². The summed E-state index contributed by atoms with van der Waals surface area (Å²) in [5.74, 6) is -0.645. The molecule has 7 heteroatoms. The van der Waals surface area contributed by atoms with Crippen molar-refractivity contribution >= 4 is 35.2 Å². The standard InChI is InChI=1S/C30H25ClN2O4/c1-2-36-27(34)17-23-18-30(37-28-24-11-7-6-10-21(24)14-15-32(23)28)25-16-22(31)12-13-26(25)33(29(30)35)19-20-8-4-3-5-9-20/h3-17,28H,2,18-19H2,1H3/b23-17-/t28-,30-/m0/s1. The molecule has 3 aromatic rings. The largest absolute Gasteiger partial charge is 0.463 e. The van der Waals surface area contributed by atoms with Gasteiger partial charge in [0.2, 0.25) is 0 Å². The zero-order valence-corrected chi connectivity index (χ0v) is 21.0. The van der Waals surface area contributed by atoms with Gasteiger partial charge in [0.25, 0.3) is 5.91 Å². The van der Waals surface area contributed by atoms with Crippen LogP contribution in [-0.4, -0.2) is 23.4 Å². The number of anilines is 1. The van der Waals surface area contributed by atoms with E-state index in [4.69, 9.17) is 21.1 Å². The summed E-state index contributed by atoms with van der Waals surface area (Å²) in [4.78, 5) is 30.6. The first-order chi connectivity index (χ1) is 18.0. The van der Waals surface area contributed by atoms with Crippen molar-refractivity contribution in [3.63, 3.8) is 0 Å². The zero-order valence-electron chi connectivity index (χ0n) is 20.3. The lowest BCUT2D eigenvalue weighted by molar-refractivity contribution is -0.184. The van der Waals surface area contributed by atoms with E-state index in [-0.39, 0.29) is 18.9 Å². The SMILES string of the molecule is CCOC(=O)/C=C1/C[C@@]2(O[C@H]3c4ccccc4C=CN13)C(=O)N(Cc1ccccc1)c1ccc(Cl)cc12. The number of amides is 1. The lowest BCUT2D eigenvalue weighted by Crippen LogP contribution is -2.50. The van der Waals surface area contributed by atoms with Gasteiger partial charge in [-0.2, -0.15) is 0 Å². The maximum Gasteiger partial charge on any atom is 0.332 e. The van der Waals surface area contributed by atoms with E-state index in [2.05, 4.69) is 0 Å². The topological polar surface area (TPSA) is 59.1 Å². The Morgan fingerprint density at radius 1 is 1.14 bits per heavy atom. The van der Waals surface area contributed by atoms with Crippen LogP contribution >= 0.6 is 11.6 Å². The molecule has 6 nitrogen and oxygen atoms in total. The van der Waals surface area contributed by atoms with E-state index in [9.17, 15) is 9.59 Å². The third-order valence-electron chi connectivity index (χ3n) is 7.03. The van der Waals surface area contributed by atoms with Crippen LogP contribution in [-0.2, 0) is 31.2 Å². The first-order valence-corrected chi connectivity index (χ1v) is 12.6. The molecule has 1 fully saturated rings. The van der Waals surface area contributed by atoms with Crippen LogP contribution in [0.3, 0.4) is 0 Å². The van der Waals surface area contributed by atoms with Crippen molar-refractivity contribution in [2.45, 2.75) is 31.7 Å². The maximum absolute atomic E-state index is 14.4. The molecule has 0 bridgehead atoms. The number of halogens is 1. The Bertz CT molecular complexity index is 1450. The van der Waals surface area contributed by atoms with Crippen LogP contribution in [0.25, 0.3) is 6.08 Å². The van der Waals surface area contributed by atoms with E-state index >= 15 is 0 Å². The lowest BCUT2D eigenvalue weighted by Gasteiger charge is -2.47. The van der Waals surface area contributed by atoms with Crippen LogP contribution in [0.15, 0.2) is 90.8 Å². The zero-order chi connectivity index (χ0) is 25.6. The number of benzene rings is 3. The van der Waals surface area contributed by atoms with Crippen LogP contribution in [0, 0.1) is 0 Å². The molecular weight excluding hydrogens is 488 g/mol. The van der Waals surface area contributed by atoms with Crippen LogP contribution < -0.4 is 4.90 Å².